The molecule has 0 aliphatic heterocycles. The summed E-state index contributed by atoms with van der Waals surface area (Å²) in [6.07, 6.45) is 2.00. The molecule has 0 unspecified atom stereocenters. The molecule has 9 nitrogen and oxygen atoms in total. The first-order valence-corrected chi connectivity index (χ1v) is 10.3. The van der Waals surface area contributed by atoms with Crippen molar-refractivity contribution in [3.63, 3.8) is 0 Å². The molecular weight excluding hydrogens is 468 g/mol. The molecule has 1 aromatic heterocycles. The van der Waals surface area contributed by atoms with Crippen LogP contribution in [0.15, 0.2) is 44.7 Å². The minimum absolute atomic E-state index is 0.0571. The number of benzene rings is 2. The third-order valence-electron chi connectivity index (χ3n) is 4.93. The van der Waals surface area contributed by atoms with Gasteiger partial charge in [0.2, 0.25) is 0 Å². The molecule has 0 saturated carbocycles. The fourth-order valence-corrected chi connectivity index (χ4v) is 3.41. The Morgan fingerprint density at radius 2 is 1.94 bits per heavy atom. The van der Waals surface area contributed by atoms with E-state index in [2.05, 4.69) is 26.0 Å². The van der Waals surface area contributed by atoms with Gasteiger partial charge >= 0.3 is 0 Å². The molecule has 162 valence electrons. The van der Waals surface area contributed by atoms with Crippen LogP contribution in [0.1, 0.15) is 37.6 Å². The summed E-state index contributed by atoms with van der Waals surface area (Å²) in [5, 5.41) is 16.3. The molecule has 0 N–H and O–H groups in total. The Morgan fingerprint density at radius 1 is 1.26 bits per heavy atom. The summed E-state index contributed by atoms with van der Waals surface area (Å²) in [6.45, 7) is 3.92. The number of aromatic nitrogens is 2. The maximum atomic E-state index is 13.2. The zero-order valence-corrected chi connectivity index (χ0v) is 19.0. The van der Waals surface area contributed by atoms with Gasteiger partial charge in [0.15, 0.2) is 11.5 Å². The molecule has 0 amide bonds. The van der Waals surface area contributed by atoms with E-state index in [-0.39, 0.29) is 28.5 Å². The van der Waals surface area contributed by atoms with Crippen molar-refractivity contribution in [2.75, 3.05) is 14.2 Å². The summed E-state index contributed by atoms with van der Waals surface area (Å²) in [5.41, 5.74) is 0.142. The molecule has 1 heterocycles. The van der Waals surface area contributed by atoms with Crippen LogP contribution in [0.3, 0.4) is 0 Å². The van der Waals surface area contributed by atoms with E-state index in [0.29, 0.717) is 22.5 Å². The monoisotopic (exact) mass is 488 g/mol. The van der Waals surface area contributed by atoms with Crippen LogP contribution in [0.4, 0.5) is 5.69 Å². The van der Waals surface area contributed by atoms with Crippen LogP contribution in [-0.2, 0) is 0 Å². The van der Waals surface area contributed by atoms with Gasteiger partial charge in [-0.1, -0.05) is 29.8 Å². The standard InChI is InChI=1S/C21H21BrN4O5/c1-5-12(2)20-24-16-7-6-14(22)9-15(16)21(27)25(20)23-11-13-8-18(30-3)19(31-4)10-17(13)26(28)29/h6-12H,5H2,1-4H3/t12-/m1/s1. The number of hydrogen-bond acceptors (Lipinski definition) is 7. The van der Waals surface area contributed by atoms with E-state index in [1.54, 1.807) is 12.1 Å². The lowest BCUT2D eigenvalue weighted by Crippen LogP contribution is -2.23. The van der Waals surface area contributed by atoms with Gasteiger partial charge in [-0.25, -0.2) is 4.98 Å². The van der Waals surface area contributed by atoms with Gasteiger partial charge < -0.3 is 9.47 Å². The minimum atomic E-state index is -0.544. The predicted octanol–water partition coefficient (Wildman–Crippen LogP) is 4.48. The van der Waals surface area contributed by atoms with E-state index in [4.69, 9.17) is 9.47 Å². The van der Waals surface area contributed by atoms with Crippen molar-refractivity contribution >= 4 is 38.7 Å². The second-order valence-electron chi connectivity index (χ2n) is 6.83. The summed E-state index contributed by atoms with van der Waals surface area (Å²) in [4.78, 5) is 28.8. The van der Waals surface area contributed by atoms with Crippen molar-refractivity contribution in [3.8, 4) is 11.5 Å². The maximum absolute atomic E-state index is 13.2. The molecule has 0 aliphatic rings. The Morgan fingerprint density at radius 3 is 2.55 bits per heavy atom. The number of ether oxygens (including phenoxy) is 2. The summed E-state index contributed by atoms with van der Waals surface area (Å²) in [5.74, 6) is 0.950. The number of nitro benzene ring substituents is 1. The highest BCUT2D eigenvalue weighted by molar-refractivity contribution is 9.10. The largest absolute Gasteiger partial charge is 0.493 e. The summed E-state index contributed by atoms with van der Waals surface area (Å²) in [7, 11) is 2.83. The van der Waals surface area contributed by atoms with E-state index < -0.39 is 4.92 Å². The lowest BCUT2D eigenvalue weighted by molar-refractivity contribution is -0.385. The number of fused-ring (bicyclic) bond motifs is 1. The molecule has 1 atom stereocenters. The SMILES string of the molecule is CC[C@@H](C)c1nc2ccc(Br)cc2c(=O)n1N=Cc1cc(OC)c(OC)cc1[N+](=O)[O-]. The Bertz CT molecular complexity index is 1240. The average molecular weight is 489 g/mol. The molecule has 10 heteroatoms. The molecule has 0 fully saturated rings. The Kier molecular flexibility index (Phi) is 6.69. The van der Waals surface area contributed by atoms with Gasteiger partial charge in [-0.2, -0.15) is 9.78 Å². The summed E-state index contributed by atoms with van der Waals surface area (Å²) < 4.78 is 12.3. The fourth-order valence-electron chi connectivity index (χ4n) is 3.04. The number of methoxy groups -OCH3 is 2. The Labute approximate surface area is 186 Å². The van der Waals surface area contributed by atoms with Gasteiger partial charge in [0, 0.05) is 10.4 Å². The predicted molar refractivity (Wildman–Crippen MR) is 122 cm³/mol. The highest BCUT2D eigenvalue weighted by Crippen LogP contribution is 2.33. The number of nitrogens with zero attached hydrogens (tertiary/aromatic N) is 4. The second kappa shape index (κ2) is 9.25. The zero-order valence-electron chi connectivity index (χ0n) is 17.5. The van der Waals surface area contributed by atoms with Crippen molar-refractivity contribution < 1.29 is 14.4 Å². The van der Waals surface area contributed by atoms with E-state index in [1.165, 1.54) is 37.2 Å². The van der Waals surface area contributed by atoms with Crippen LogP contribution in [0.5, 0.6) is 11.5 Å². The van der Waals surface area contributed by atoms with Crippen molar-refractivity contribution in [2.45, 2.75) is 26.2 Å². The topological polar surface area (TPSA) is 109 Å². The van der Waals surface area contributed by atoms with Gasteiger partial charge in [-0.15, -0.1) is 0 Å². The molecule has 2 aromatic carbocycles. The molecular formula is C21H21BrN4O5. The van der Waals surface area contributed by atoms with E-state index in [1.807, 2.05) is 19.9 Å². The molecule has 0 saturated heterocycles. The van der Waals surface area contributed by atoms with Crippen molar-refractivity contribution in [3.05, 3.63) is 66.7 Å². The minimum Gasteiger partial charge on any atom is -0.493 e. The Hall–Kier alpha value is -3.27. The second-order valence-corrected chi connectivity index (χ2v) is 7.74. The number of hydrogen-bond donors (Lipinski definition) is 0. The van der Waals surface area contributed by atoms with Gasteiger partial charge in [0.1, 0.15) is 5.82 Å². The van der Waals surface area contributed by atoms with Crippen LogP contribution in [-0.4, -0.2) is 35.0 Å². The van der Waals surface area contributed by atoms with Crippen LogP contribution >= 0.6 is 15.9 Å². The third-order valence-corrected chi connectivity index (χ3v) is 5.42. The quantitative estimate of drug-likeness (QED) is 0.275. The van der Waals surface area contributed by atoms with Gasteiger partial charge in [-0.3, -0.25) is 14.9 Å². The van der Waals surface area contributed by atoms with E-state index >= 15 is 0 Å². The summed E-state index contributed by atoms with van der Waals surface area (Å²) >= 11 is 3.37. The fraction of sp³-hybridized carbons (Fsp3) is 0.286. The van der Waals surface area contributed by atoms with Gasteiger partial charge in [0.05, 0.1) is 47.9 Å². The molecule has 3 rings (SSSR count). The molecule has 0 spiro atoms. The summed E-state index contributed by atoms with van der Waals surface area (Å²) in [6, 6.07) is 7.96. The molecule has 31 heavy (non-hydrogen) atoms. The third kappa shape index (κ3) is 4.43. The van der Waals surface area contributed by atoms with Crippen molar-refractivity contribution in [1.29, 1.82) is 0 Å². The van der Waals surface area contributed by atoms with Gasteiger partial charge in [-0.05, 0) is 30.7 Å². The van der Waals surface area contributed by atoms with Crippen molar-refractivity contribution in [2.24, 2.45) is 5.10 Å². The number of rotatable bonds is 7. The Balaban J connectivity index is 2.24. The molecule has 0 bridgehead atoms. The first kappa shape index (κ1) is 22.4. The van der Waals surface area contributed by atoms with E-state index in [9.17, 15) is 14.9 Å². The van der Waals surface area contributed by atoms with E-state index in [0.717, 1.165) is 10.9 Å². The highest BCUT2D eigenvalue weighted by atomic mass is 79.9. The molecule has 3 aromatic rings. The first-order chi connectivity index (χ1) is 14.8. The van der Waals surface area contributed by atoms with Crippen LogP contribution < -0.4 is 15.0 Å². The smallest absolute Gasteiger partial charge is 0.282 e. The van der Waals surface area contributed by atoms with Crippen LogP contribution in [0.25, 0.3) is 10.9 Å². The number of nitro groups is 1. The zero-order chi connectivity index (χ0) is 22.7. The van der Waals surface area contributed by atoms with Crippen LogP contribution in [0.2, 0.25) is 0 Å². The maximum Gasteiger partial charge on any atom is 0.282 e. The molecule has 0 aliphatic carbocycles. The normalized spacial score (nSPS) is 12.3. The highest BCUT2D eigenvalue weighted by Gasteiger charge is 2.20. The van der Waals surface area contributed by atoms with Crippen LogP contribution in [0, 0.1) is 10.1 Å². The van der Waals surface area contributed by atoms with Gasteiger partial charge in [0.25, 0.3) is 11.2 Å². The number of halogens is 1. The van der Waals surface area contributed by atoms with Crippen molar-refractivity contribution in [1.82, 2.24) is 9.66 Å². The lowest BCUT2D eigenvalue weighted by Gasteiger charge is -2.14. The first-order valence-electron chi connectivity index (χ1n) is 9.47. The lowest BCUT2D eigenvalue weighted by atomic mass is 10.1. The molecule has 0 radical (unpaired) electrons. The average Bonchev–Trinajstić information content (AvgIpc) is 2.77.